The molecule has 0 aliphatic rings. The lowest BCUT2D eigenvalue weighted by atomic mass is 10.1. The number of carbonyl (C=O) groups excluding carboxylic acids is 1. The van der Waals surface area contributed by atoms with E-state index in [4.69, 9.17) is 5.73 Å². The Morgan fingerprint density at radius 3 is 2.38 bits per heavy atom. The summed E-state index contributed by atoms with van der Waals surface area (Å²) in [6, 6.07) is 0. The number of nitrogens with one attached hydrogen (secondary N) is 2. The Balaban J connectivity index is 2.95. The molecule has 1 amide bonds. The van der Waals surface area contributed by atoms with Crippen LogP contribution in [0.4, 0.5) is 0 Å². The zero-order valence-electron chi connectivity index (χ0n) is 8.57. The third-order valence-electron chi connectivity index (χ3n) is 2.01. The van der Waals surface area contributed by atoms with Gasteiger partial charge in [-0.05, 0) is 6.42 Å². The summed E-state index contributed by atoms with van der Waals surface area (Å²) >= 11 is 0. The van der Waals surface area contributed by atoms with E-state index in [1.807, 2.05) is 0 Å². The third-order valence-corrected chi connectivity index (χ3v) is 2.01. The normalized spacial score (nSPS) is 10.0. The van der Waals surface area contributed by atoms with Crippen molar-refractivity contribution >= 4 is 5.91 Å². The molecule has 13 heavy (non-hydrogen) atoms. The van der Waals surface area contributed by atoms with Gasteiger partial charge in [0, 0.05) is 6.54 Å². The fourth-order valence-electron chi connectivity index (χ4n) is 1.20. The van der Waals surface area contributed by atoms with Crippen LogP contribution >= 0.6 is 0 Å². The van der Waals surface area contributed by atoms with E-state index in [2.05, 4.69) is 12.2 Å². The fourth-order valence-corrected chi connectivity index (χ4v) is 1.20. The van der Waals surface area contributed by atoms with Crippen LogP contribution in [0.1, 0.15) is 45.4 Å². The number of rotatable bonds is 8. The zero-order chi connectivity index (χ0) is 9.94. The van der Waals surface area contributed by atoms with Crippen molar-refractivity contribution in [3.8, 4) is 0 Å². The topological polar surface area (TPSA) is 52.9 Å². The second kappa shape index (κ2) is 9.52. The maximum Gasteiger partial charge on any atom is 0.235 e. The highest BCUT2D eigenvalue weighted by molar-refractivity contribution is 5.77. The Hall–Kier alpha value is -0.570. The molecular formula is C10H21N2O. The minimum Gasteiger partial charge on any atom is -0.355 e. The van der Waals surface area contributed by atoms with Crippen molar-refractivity contribution in [2.45, 2.75) is 45.4 Å². The summed E-state index contributed by atoms with van der Waals surface area (Å²) in [7, 11) is 0. The summed E-state index contributed by atoms with van der Waals surface area (Å²) in [5.41, 5.74) is 6.77. The lowest BCUT2D eigenvalue weighted by molar-refractivity contribution is -0.119. The number of hydrogen-bond acceptors (Lipinski definition) is 1. The highest BCUT2D eigenvalue weighted by Crippen LogP contribution is 2.03. The maximum atomic E-state index is 10.6. The first-order valence-electron chi connectivity index (χ1n) is 5.22. The molecule has 0 unspecified atom stereocenters. The van der Waals surface area contributed by atoms with Crippen molar-refractivity contribution in [3.63, 3.8) is 0 Å². The van der Waals surface area contributed by atoms with Crippen LogP contribution in [0.3, 0.4) is 0 Å². The lowest BCUT2D eigenvalue weighted by Gasteiger charge is -2.02. The first kappa shape index (κ1) is 12.4. The van der Waals surface area contributed by atoms with E-state index in [9.17, 15) is 4.79 Å². The highest BCUT2D eigenvalue weighted by atomic mass is 16.1. The van der Waals surface area contributed by atoms with Gasteiger partial charge in [-0.3, -0.25) is 4.79 Å². The molecule has 0 fully saturated rings. The summed E-state index contributed by atoms with van der Waals surface area (Å²) in [5, 5.41) is 2.70. The molecule has 0 atom stereocenters. The molecule has 2 N–H and O–H groups in total. The second-order valence-corrected chi connectivity index (χ2v) is 3.29. The molecule has 0 aromatic carbocycles. The van der Waals surface area contributed by atoms with Crippen molar-refractivity contribution in [1.29, 1.82) is 0 Å². The van der Waals surface area contributed by atoms with Gasteiger partial charge in [0.2, 0.25) is 5.91 Å². The minimum atomic E-state index is -0.159. The van der Waals surface area contributed by atoms with Crippen molar-refractivity contribution in [1.82, 2.24) is 11.1 Å². The van der Waals surface area contributed by atoms with Crippen molar-refractivity contribution in [3.05, 3.63) is 0 Å². The summed E-state index contributed by atoms with van der Waals surface area (Å²) in [6.45, 7) is 2.80. The molecule has 0 saturated heterocycles. The van der Waals surface area contributed by atoms with Crippen LogP contribution < -0.4 is 11.1 Å². The Kier molecular flexibility index (Phi) is 9.10. The fraction of sp³-hybridized carbons (Fsp3) is 0.900. The van der Waals surface area contributed by atoms with Gasteiger partial charge in [0.25, 0.3) is 0 Å². The molecule has 0 spiro atoms. The standard InChI is InChI=1S/C10H21N2O/c1-2-3-4-5-6-7-8-12-10(13)9-11/h11H,2-9H2,1H3,(H,12,13). The molecule has 3 heteroatoms. The Labute approximate surface area is 81.1 Å². The first-order chi connectivity index (χ1) is 6.31. The molecule has 0 aliphatic carbocycles. The van der Waals surface area contributed by atoms with Gasteiger partial charge in [-0.25, -0.2) is 5.73 Å². The molecule has 0 saturated carbocycles. The van der Waals surface area contributed by atoms with Crippen LogP contribution in [0, 0.1) is 0 Å². The quantitative estimate of drug-likeness (QED) is 0.575. The maximum absolute atomic E-state index is 10.6. The Bertz CT molecular complexity index is 126. The minimum absolute atomic E-state index is 0.143. The molecule has 0 bridgehead atoms. The number of amides is 1. The van der Waals surface area contributed by atoms with E-state index in [1.54, 1.807) is 0 Å². The van der Waals surface area contributed by atoms with Crippen LogP contribution in [-0.4, -0.2) is 19.0 Å². The molecule has 3 nitrogen and oxygen atoms in total. The van der Waals surface area contributed by atoms with E-state index in [1.165, 1.54) is 32.1 Å². The predicted octanol–water partition coefficient (Wildman–Crippen LogP) is 1.75. The third kappa shape index (κ3) is 9.34. The summed E-state index contributed by atoms with van der Waals surface area (Å²) < 4.78 is 0. The van der Waals surface area contributed by atoms with Crippen LogP contribution in [-0.2, 0) is 4.79 Å². The van der Waals surface area contributed by atoms with Gasteiger partial charge >= 0.3 is 0 Å². The summed E-state index contributed by atoms with van der Waals surface area (Å²) in [4.78, 5) is 10.6. The average Bonchev–Trinajstić information content (AvgIpc) is 2.16. The Morgan fingerprint density at radius 1 is 1.15 bits per heavy atom. The highest BCUT2D eigenvalue weighted by Gasteiger charge is 1.95. The zero-order valence-corrected chi connectivity index (χ0v) is 8.57. The van der Waals surface area contributed by atoms with Gasteiger partial charge < -0.3 is 5.32 Å². The summed E-state index contributed by atoms with van der Waals surface area (Å²) in [5.74, 6) is -0.159. The van der Waals surface area contributed by atoms with Crippen LogP contribution in [0.2, 0.25) is 0 Å². The molecule has 0 heterocycles. The van der Waals surface area contributed by atoms with Crippen LogP contribution in [0.25, 0.3) is 0 Å². The number of hydrogen-bond donors (Lipinski definition) is 1. The molecule has 0 aromatic heterocycles. The van der Waals surface area contributed by atoms with Gasteiger partial charge in [0.15, 0.2) is 0 Å². The largest absolute Gasteiger partial charge is 0.355 e. The molecule has 0 aromatic rings. The van der Waals surface area contributed by atoms with E-state index in [-0.39, 0.29) is 12.5 Å². The van der Waals surface area contributed by atoms with Gasteiger partial charge in [-0.2, -0.15) is 0 Å². The van der Waals surface area contributed by atoms with E-state index in [0.29, 0.717) is 0 Å². The lowest BCUT2D eigenvalue weighted by Crippen LogP contribution is -2.27. The van der Waals surface area contributed by atoms with Crippen molar-refractivity contribution in [2.75, 3.05) is 13.1 Å². The van der Waals surface area contributed by atoms with Gasteiger partial charge in [0.1, 0.15) is 0 Å². The van der Waals surface area contributed by atoms with Crippen LogP contribution in [0.5, 0.6) is 0 Å². The molecular weight excluding hydrogens is 164 g/mol. The summed E-state index contributed by atoms with van der Waals surface area (Å²) in [6.07, 6.45) is 7.41. The molecule has 0 aliphatic heterocycles. The number of carbonyl (C=O) groups is 1. The van der Waals surface area contributed by atoms with Crippen molar-refractivity contribution in [2.24, 2.45) is 0 Å². The van der Waals surface area contributed by atoms with Crippen LogP contribution in [0.15, 0.2) is 0 Å². The molecule has 0 rings (SSSR count). The van der Waals surface area contributed by atoms with E-state index < -0.39 is 0 Å². The van der Waals surface area contributed by atoms with Gasteiger partial charge in [0.05, 0.1) is 6.54 Å². The monoisotopic (exact) mass is 185 g/mol. The average molecular weight is 185 g/mol. The Morgan fingerprint density at radius 2 is 1.77 bits per heavy atom. The molecule has 77 valence electrons. The number of unbranched alkanes of at least 4 members (excludes halogenated alkanes) is 5. The first-order valence-corrected chi connectivity index (χ1v) is 5.22. The van der Waals surface area contributed by atoms with E-state index >= 15 is 0 Å². The van der Waals surface area contributed by atoms with Gasteiger partial charge in [-0.15, -0.1) is 0 Å². The van der Waals surface area contributed by atoms with Crippen molar-refractivity contribution < 1.29 is 4.79 Å². The molecule has 1 radical (unpaired) electrons. The second-order valence-electron chi connectivity index (χ2n) is 3.29. The van der Waals surface area contributed by atoms with Gasteiger partial charge in [-0.1, -0.05) is 39.0 Å². The van der Waals surface area contributed by atoms with E-state index in [0.717, 1.165) is 13.0 Å². The smallest absolute Gasteiger partial charge is 0.235 e. The predicted molar refractivity (Wildman–Crippen MR) is 54.3 cm³/mol. The SMILES string of the molecule is CCCCCCCCNC(=O)C[NH].